The van der Waals surface area contributed by atoms with Crippen molar-refractivity contribution in [3.05, 3.63) is 29.8 Å². The van der Waals surface area contributed by atoms with Crippen LogP contribution in [0.3, 0.4) is 0 Å². The Morgan fingerprint density at radius 3 is 2.65 bits per heavy atom. The number of hydrogen-bond acceptors (Lipinski definition) is 4. The highest BCUT2D eigenvalue weighted by Crippen LogP contribution is 2.17. The summed E-state index contributed by atoms with van der Waals surface area (Å²) in [5, 5.41) is 11.8. The maximum atomic E-state index is 11.2. The number of carbonyl (C=O) groups excluding carboxylic acids is 1. The fourth-order valence-corrected chi connectivity index (χ4v) is 2.87. The number of amides is 1. The second-order valence-electron chi connectivity index (χ2n) is 6.34. The molecule has 1 aliphatic heterocycles. The molecule has 1 amide bonds. The molecular weight excluding hydrogens is 290 g/mol. The molecule has 0 aliphatic carbocycles. The highest BCUT2D eigenvalue weighted by atomic mass is 16.3. The molecule has 1 heterocycles. The number of unbranched alkanes of at least 4 members (excludes halogenated alkanes) is 1. The van der Waals surface area contributed by atoms with E-state index in [9.17, 15) is 4.79 Å². The van der Waals surface area contributed by atoms with E-state index in [0.717, 1.165) is 45.6 Å². The fourth-order valence-electron chi connectivity index (χ4n) is 2.87. The first kappa shape index (κ1) is 17.8. The molecule has 0 bridgehead atoms. The van der Waals surface area contributed by atoms with E-state index in [-0.39, 0.29) is 5.91 Å². The molecule has 0 radical (unpaired) electrons. The second kappa shape index (κ2) is 8.89. The Kier molecular flexibility index (Phi) is 6.86. The minimum atomic E-state index is -0.912. The molecule has 2 rings (SSSR count). The lowest BCUT2D eigenvalue weighted by molar-refractivity contribution is -0.128. The number of rotatable bonds is 7. The van der Waals surface area contributed by atoms with Crippen LogP contribution in [0.15, 0.2) is 24.3 Å². The van der Waals surface area contributed by atoms with Gasteiger partial charge in [-0.05, 0) is 50.9 Å². The third-order valence-corrected chi connectivity index (χ3v) is 4.32. The Hall–Kier alpha value is -1.59. The molecule has 0 spiro atoms. The van der Waals surface area contributed by atoms with Crippen LogP contribution in [0.2, 0.25) is 0 Å². The van der Waals surface area contributed by atoms with Crippen molar-refractivity contribution in [3.63, 3.8) is 0 Å². The van der Waals surface area contributed by atoms with Gasteiger partial charge >= 0.3 is 0 Å². The molecule has 2 N–H and O–H groups in total. The normalized spacial score (nSPS) is 17.1. The summed E-state index contributed by atoms with van der Waals surface area (Å²) >= 11 is 0. The molecule has 1 aliphatic rings. The Bertz CT molecular complexity index is 497. The summed E-state index contributed by atoms with van der Waals surface area (Å²) in [5.74, 6) is -0.281. The minimum Gasteiger partial charge on any atom is -0.384 e. The zero-order chi connectivity index (χ0) is 16.7. The van der Waals surface area contributed by atoms with E-state index < -0.39 is 6.10 Å². The lowest BCUT2D eigenvalue weighted by Crippen LogP contribution is -2.46. The van der Waals surface area contributed by atoms with E-state index in [1.807, 2.05) is 0 Å². The zero-order valence-electron chi connectivity index (χ0n) is 14.3. The van der Waals surface area contributed by atoms with Gasteiger partial charge in [0, 0.05) is 38.4 Å². The van der Waals surface area contributed by atoms with Crippen molar-refractivity contribution in [2.24, 2.45) is 0 Å². The Morgan fingerprint density at radius 1 is 1.26 bits per heavy atom. The molecule has 1 aromatic carbocycles. The van der Waals surface area contributed by atoms with E-state index in [4.69, 9.17) is 5.11 Å². The molecule has 0 aromatic heterocycles. The monoisotopic (exact) mass is 319 g/mol. The fraction of sp³-hybridized carbons (Fsp3) is 0.611. The van der Waals surface area contributed by atoms with E-state index in [0.29, 0.717) is 6.54 Å². The van der Waals surface area contributed by atoms with Crippen molar-refractivity contribution < 1.29 is 9.90 Å². The summed E-state index contributed by atoms with van der Waals surface area (Å²) in [5.41, 5.74) is 2.63. The van der Waals surface area contributed by atoms with Crippen molar-refractivity contribution in [1.29, 1.82) is 0 Å². The van der Waals surface area contributed by atoms with Crippen LogP contribution in [0.1, 0.15) is 25.3 Å². The number of nitrogens with one attached hydrogen (secondary N) is 1. The summed E-state index contributed by atoms with van der Waals surface area (Å²) in [6.45, 7) is 9.67. The van der Waals surface area contributed by atoms with Gasteiger partial charge < -0.3 is 15.3 Å². The zero-order valence-corrected chi connectivity index (χ0v) is 14.3. The molecule has 5 nitrogen and oxygen atoms in total. The van der Waals surface area contributed by atoms with Crippen LogP contribution in [-0.4, -0.2) is 61.3 Å². The van der Waals surface area contributed by atoms with Crippen LogP contribution in [0.25, 0.3) is 0 Å². The largest absolute Gasteiger partial charge is 0.384 e. The highest BCUT2D eigenvalue weighted by Gasteiger charge is 2.16. The third kappa shape index (κ3) is 5.84. The average Bonchev–Trinajstić information content (AvgIpc) is 2.55. The van der Waals surface area contributed by atoms with Gasteiger partial charge in [0.25, 0.3) is 0 Å². The van der Waals surface area contributed by atoms with Crippen LogP contribution in [0.4, 0.5) is 5.69 Å². The Labute approximate surface area is 139 Å². The number of piperazine rings is 1. The van der Waals surface area contributed by atoms with Crippen molar-refractivity contribution in [3.8, 4) is 0 Å². The molecular formula is C18H29N3O2. The van der Waals surface area contributed by atoms with Gasteiger partial charge in [0.1, 0.15) is 6.10 Å². The van der Waals surface area contributed by atoms with Gasteiger partial charge in [-0.25, -0.2) is 0 Å². The predicted molar refractivity (Wildman–Crippen MR) is 93.8 cm³/mol. The van der Waals surface area contributed by atoms with Crippen LogP contribution in [0.5, 0.6) is 0 Å². The van der Waals surface area contributed by atoms with Gasteiger partial charge in [-0.2, -0.15) is 0 Å². The van der Waals surface area contributed by atoms with Crippen LogP contribution >= 0.6 is 0 Å². The Balaban J connectivity index is 1.61. The van der Waals surface area contributed by atoms with Crippen molar-refractivity contribution in [2.75, 3.05) is 44.2 Å². The molecule has 23 heavy (non-hydrogen) atoms. The lowest BCUT2D eigenvalue weighted by Gasteiger charge is -2.36. The molecule has 1 saturated heterocycles. The lowest BCUT2D eigenvalue weighted by atomic mass is 10.2. The van der Waals surface area contributed by atoms with Crippen LogP contribution < -0.4 is 10.2 Å². The van der Waals surface area contributed by atoms with E-state index >= 15 is 0 Å². The molecule has 1 aromatic rings. The predicted octanol–water partition coefficient (Wildman–Crippen LogP) is 1.39. The second-order valence-corrected chi connectivity index (χ2v) is 6.34. The first-order chi connectivity index (χ1) is 11.1. The van der Waals surface area contributed by atoms with Crippen LogP contribution in [-0.2, 0) is 4.79 Å². The number of nitrogens with zero attached hydrogens (tertiary/aromatic N) is 2. The maximum Gasteiger partial charge on any atom is 0.248 e. The van der Waals surface area contributed by atoms with Crippen LogP contribution in [0, 0.1) is 6.92 Å². The highest BCUT2D eigenvalue weighted by molar-refractivity contribution is 5.79. The van der Waals surface area contributed by atoms with Gasteiger partial charge in [-0.1, -0.05) is 12.1 Å². The van der Waals surface area contributed by atoms with E-state index in [1.165, 1.54) is 18.2 Å². The number of aliphatic hydroxyl groups is 1. The molecule has 1 fully saturated rings. The summed E-state index contributed by atoms with van der Waals surface area (Å²) in [6.07, 6.45) is 1.12. The number of aryl methyl sites for hydroxylation is 1. The summed E-state index contributed by atoms with van der Waals surface area (Å²) < 4.78 is 0. The number of benzene rings is 1. The number of hydrogen-bond donors (Lipinski definition) is 2. The van der Waals surface area contributed by atoms with Crippen molar-refractivity contribution >= 4 is 11.6 Å². The number of aliphatic hydroxyl groups excluding tert-OH is 1. The SMILES string of the molecule is Cc1cccc(N2CCN(CCCCNC(=O)C(C)O)CC2)c1. The van der Waals surface area contributed by atoms with Gasteiger partial charge in [0.05, 0.1) is 0 Å². The van der Waals surface area contributed by atoms with Gasteiger partial charge in [-0.3, -0.25) is 9.69 Å². The topological polar surface area (TPSA) is 55.8 Å². The third-order valence-electron chi connectivity index (χ3n) is 4.32. The van der Waals surface area contributed by atoms with Gasteiger partial charge in [0.15, 0.2) is 0 Å². The number of carbonyl (C=O) groups is 1. The average molecular weight is 319 g/mol. The molecule has 1 unspecified atom stereocenters. The molecule has 5 heteroatoms. The minimum absolute atomic E-state index is 0.281. The first-order valence-corrected chi connectivity index (χ1v) is 8.56. The summed E-state index contributed by atoms with van der Waals surface area (Å²) in [7, 11) is 0. The quantitative estimate of drug-likeness (QED) is 0.746. The first-order valence-electron chi connectivity index (χ1n) is 8.56. The Morgan fingerprint density at radius 2 is 2.00 bits per heavy atom. The van der Waals surface area contributed by atoms with E-state index in [2.05, 4.69) is 46.3 Å². The summed E-state index contributed by atoms with van der Waals surface area (Å²) in [4.78, 5) is 16.2. The standard InChI is InChI=1S/C18H29N3O2/c1-15-6-5-7-17(14-15)21-12-10-20(11-13-21)9-4-3-8-19-18(23)16(2)22/h5-7,14,16,22H,3-4,8-13H2,1-2H3,(H,19,23). The number of anilines is 1. The van der Waals surface area contributed by atoms with Gasteiger partial charge in [0.2, 0.25) is 5.91 Å². The van der Waals surface area contributed by atoms with E-state index in [1.54, 1.807) is 0 Å². The van der Waals surface area contributed by atoms with Gasteiger partial charge in [-0.15, -0.1) is 0 Å². The summed E-state index contributed by atoms with van der Waals surface area (Å²) in [6, 6.07) is 8.70. The van der Waals surface area contributed by atoms with Crippen molar-refractivity contribution in [1.82, 2.24) is 10.2 Å². The smallest absolute Gasteiger partial charge is 0.248 e. The van der Waals surface area contributed by atoms with Crippen molar-refractivity contribution in [2.45, 2.75) is 32.8 Å². The molecule has 128 valence electrons. The molecule has 1 atom stereocenters. The maximum absolute atomic E-state index is 11.2. The molecule has 0 saturated carbocycles.